The Morgan fingerprint density at radius 2 is 2.31 bits per heavy atom. The summed E-state index contributed by atoms with van der Waals surface area (Å²) < 4.78 is 5.04. The number of hydrogen-bond donors (Lipinski definition) is 3. The standard InChI is InChI=1S/C11H19N3O2/c1-16-8-11(15,5-3-6-12)9-4-2-7-14-10(9)13/h2,4,7,15H,3,5-6,8,12H2,1H3,(H2,13,14). The molecule has 16 heavy (non-hydrogen) atoms. The fourth-order valence-electron chi connectivity index (χ4n) is 1.73. The molecule has 0 amide bonds. The fraction of sp³-hybridized carbons (Fsp3) is 0.545. The molecule has 1 heterocycles. The molecule has 0 aliphatic heterocycles. The lowest BCUT2D eigenvalue weighted by Crippen LogP contribution is -2.33. The summed E-state index contributed by atoms with van der Waals surface area (Å²) in [5, 5.41) is 10.5. The minimum Gasteiger partial charge on any atom is -0.383 e. The molecule has 0 aliphatic carbocycles. The molecular formula is C11H19N3O2. The normalized spacial score (nSPS) is 14.7. The summed E-state index contributed by atoms with van der Waals surface area (Å²) >= 11 is 0. The monoisotopic (exact) mass is 225 g/mol. The SMILES string of the molecule is COCC(O)(CCCN)c1cccnc1N. The second-order valence-electron chi connectivity index (χ2n) is 3.79. The predicted molar refractivity (Wildman–Crippen MR) is 62.7 cm³/mol. The lowest BCUT2D eigenvalue weighted by molar-refractivity contribution is -0.0425. The Labute approximate surface area is 95.4 Å². The third kappa shape index (κ3) is 2.91. The first-order chi connectivity index (χ1) is 7.64. The van der Waals surface area contributed by atoms with Crippen LogP contribution in [-0.2, 0) is 10.3 Å². The van der Waals surface area contributed by atoms with E-state index in [1.807, 2.05) is 0 Å². The van der Waals surface area contributed by atoms with E-state index in [4.69, 9.17) is 16.2 Å². The van der Waals surface area contributed by atoms with Crippen molar-refractivity contribution in [2.75, 3.05) is 26.0 Å². The van der Waals surface area contributed by atoms with Crippen molar-refractivity contribution in [2.24, 2.45) is 5.73 Å². The Morgan fingerprint density at radius 3 is 2.88 bits per heavy atom. The van der Waals surface area contributed by atoms with E-state index in [1.165, 1.54) is 0 Å². The van der Waals surface area contributed by atoms with Gasteiger partial charge in [-0.2, -0.15) is 0 Å². The Balaban J connectivity index is 2.96. The van der Waals surface area contributed by atoms with E-state index < -0.39 is 5.60 Å². The molecule has 0 saturated carbocycles. The number of nitrogens with two attached hydrogens (primary N) is 2. The number of anilines is 1. The lowest BCUT2D eigenvalue weighted by atomic mass is 9.90. The van der Waals surface area contributed by atoms with Crippen molar-refractivity contribution in [3.63, 3.8) is 0 Å². The maximum Gasteiger partial charge on any atom is 0.129 e. The van der Waals surface area contributed by atoms with Gasteiger partial charge in [0.25, 0.3) is 0 Å². The molecule has 5 nitrogen and oxygen atoms in total. The summed E-state index contributed by atoms with van der Waals surface area (Å²) in [4.78, 5) is 3.97. The Hall–Kier alpha value is -1.17. The molecule has 0 aliphatic rings. The highest BCUT2D eigenvalue weighted by atomic mass is 16.5. The van der Waals surface area contributed by atoms with Crippen LogP contribution in [0.1, 0.15) is 18.4 Å². The second-order valence-corrected chi connectivity index (χ2v) is 3.79. The van der Waals surface area contributed by atoms with Crippen LogP contribution in [0.15, 0.2) is 18.3 Å². The first-order valence-corrected chi connectivity index (χ1v) is 5.26. The summed E-state index contributed by atoms with van der Waals surface area (Å²) in [5.74, 6) is 0.332. The van der Waals surface area contributed by atoms with Gasteiger partial charge in [0.2, 0.25) is 0 Å². The zero-order chi connectivity index (χ0) is 12.0. The largest absolute Gasteiger partial charge is 0.383 e. The van der Waals surface area contributed by atoms with Gasteiger partial charge in [-0.1, -0.05) is 6.07 Å². The molecule has 0 spiro atoms. The maximum absolute atomic E-state index is 10.5. The van der Waals surface area contributed by atoms with Crippen molar-refractivity contribution in [1.82, 2.24) is 4.98 Å². The van der Waals surface area contributed by atoms with E-state index in [1.54, 1.807) is 25.4 Å². The van der Waals surface area contributed by atoms with Crippen LogP contribution >= 0.6 is 0 Å². The predicted octanol–water partition coefficient (Wildman–Crippen LogP) is 0.237. The molecule has 0 aromatic carbocycles. The van der Waals surface area contributed by atoms with Crippen LogP contribution in [-0.4, -0.2) is 30.4 Å². The minimum atomic E-state index is -1.10. The first-order valence-electron chi connectivity index (χ1n) is 5.26. The lowest BCUT2D eigenvalue weighted by Gasteiger charge is -2.28. The molecule has 0 bridgehead atoms. The molecule has 1 atom stereocenters. The van der Waals surface area contributed by atoms with Gasteiger partial charge in [0.05, 0.1) is 6.61 Å². The van der Waals surface area contributed by atoms with E-state index in [-0.39, 0.29) is 6.61 Å². The average Bonchev–Trinajstić information content (AvgIpc) is 2.27. The summed E-state index contributed by atoms with van der Waals surface area (Å²) in [6, 6.07) is 3.51. The quantitative estimate of drug-likeness (QED) is 0.644. The van der Waals surface area contributed by atoms with E-state index in [0.29, 0.717) is 30.8 Å². The molecule has 1 aromatic heterocycles. The van der Waals surface area contributed by atoms with Gasteiger partial charge in [0, 0.05) is 18.9 Å². The molecule has 1 unspecified atom stereocenters. The van der Waals surface area contributed by atoms with Gasteiger partial charge < -0.3 is 21.3 Å². The van der Waals surface area contributed by atoms with E-state index >= 15 is 0 Å². The molecule has 0 radical (unpaired) electrons. The van der Waals surface area contributed by atoms with Crippen molar-refractivity contribution < 1.29 is 9.84 Å². The fourth-order valence-corrected chi connectivity index (χ4v) is 1.73. The van der Waals surface area contributed by atoms with Gasteiger partial charge in [-0.25, -0.2) is 4.98 Å². The topological polar surface area (TPSA) is 94.4 Å². The molecule has 0 fully saturated rings. The number of rotatable bonds is 6. The van der Waals surface area contributed by atoms with Crippen LogP contribution in [0.25, 0.3) is 0 Å². The van der Waals surface area contributed by atoms with Crippen LogP contribution in [0.4, 0.5) is 5.82 Å². The zero-order valence-corrected chi connectivity index (χ0v) is 9.52. The van der Waals surface area contributed by atoms with Gasteiger partial charge in [-0.3, -0.25) is 0 Å². The van der Waals surface area contributed by atoms with Crippen LogP contribution < -0.4 is 11.5 Å². The van der Waals surface area contributed by atoms with Gasteiger partial charge in [-0.15, -0.1) is 0 Å². The van der Waals surface area contributed by atoms with Crippen LogP contribution in [0.3, 0.4) is 0 Å². The Bertz CT molecular complexity index is 333. The van der Waals surface area contributed by atoms with E-state index in [2.05, 4.69) is 4.98 Å². The highest BCUT2D eigenvalue weighted by Crippen LogP contribution is 2.29. The van der Waals surface area contributed by atoms with Crippen molar-refractivity contribution in [1.29, 1.82) is 0 Å². The van der Waals surface area contributed by atoms with Crippen molar-refractivity contribution in [3.05, 3.63) is 23.9 Å². The number of methoxy groups -OCH3 is 1. The summed E-state index contributed by atoms with van der Waals surface area (Å²) in [7, 11) is 1.54. The summed E-state index contributed by atoms with van der Waals surface area (Å²) in [6.07, 6.45) is 2.80. The number of ether oxygens (including phenoxy) is 1. The highest BCUT2D eigenvalue weighted by molar-refractivity contribution is 5.42. The molecule has 1 aromatic rings. The van der Waals surface area contributed by atoms with Gasteiger partial charge >= 0.3 is 0 Å². The number of nitrogen functional groups attached to an aromatic ring is 1. The smallest absolute Gasteiger partial charge is 0.129 e. The van der Waals surface area contributed by atoms with Gasteiger partial charge in [0.15, 0.2) is 0 Å². The number of nitrogens with zero attached hydrogens (tertiary/aromatic N) is 1. The third-order valence-corrected chi connectivity index (χ3v) is 2.52. The number of aliphatic hydroxyl groups is 1. The summed E-state index contributed by atoms with van der Waals surface area (Å²) in [5.41, 5.74) is 10.7. The first kappa shape index (κ1) is 12.9. The van der Waals surface area contributed by atoms with Crippen LogP contribution in [0.5, 0.6) is 0 Å². The van der Waals surface area contributed by atoms with Crippen molar-refractivity contribution in [3.8, 4) is 0 Å². The van der Waals surface area contributed by atoms with Crippen LogP contribution in [0.2, 0.25) is 0 Å². The van der Waals surface area contributed by atoms with E-state index in [0.717, 1.165) is 0 Å². The second kappa shape index (κ2) is 5.79. The molecule has 5 N–H and O–H groups in total. The van der Waals surface area contributed by atoms with Gasteiger partial charge in [-0.05, 0) is 25.5 Å². The minimum absolute atomic E-state index is 0.183. The summed E-state index contributed by atoms with van der Waals surface area (Å²) in [6.45, 7) is 0.703. The van der Waals surface area contributed by atoms with Crippen molar-refractivity contribution in [2.45, 2.75) is 18.4 Å². The molecule has 1 rings (SSSR count). The number of pyridine rings is 1. The maximum atomic E-state index is 10.5. The molecule has 5 heteroatoms. The number of aromatic nitrogens is 1. The van der Waals surface area contributed by atoms with Crippen molar-refractivity contribution >= 4 is 5.82 Å². The average molecular weight is 225 g/mol. The van der Waals surface area contributed by atoms with E-state index in [9.17, 15) is 5.11 Å². The molecule has 0 saturated heterocycles. The van der Waals surface area contributed by atoms with Crippen LogP contribution in [0, 0.1) is 0 Å². The number of hydrogen-bond acceptors (Lipinski definition) is 5. The molecular weight excluding hydrogens is 206 g/mol. The Morgan fingerprint density at radius 1 is 1.56 bits per heavy atom. The van der Waals surface area contributed by atoms with Gasteiger partial charge in [0.1, 0.15) is 11.4 Å². The Kier molecular flexibility index (Phi) is 4.67. The zero-order valence-electron chi connectivity index (χ0n) is 9.52. The third-order valence-electron chi connectivity index (χ3n) is 2.52. The molecule has 90 valence electrons. The highest BCUT2D eigenvalue weighted by Gasteiger charge is 2.31.